The van der Waals surface area contributed by atoms with Gasteiger partial charge in [0.05, 0.1) is 58.4 Å². The number of halogens is 1. The van der Waals surface area contributed by atoms with Crippen molar-refractivity contribution in [2.24, 2.45) is 11.3 Å². The quantitative estimate of drug-likeness (QED) is 0.394. The molecular weight excluding hydrogens is 514 g/mol. The average Bonchev–Trinajstić information content (AvgIpc) is 3.22. The predicted octanol–water partition coefficient (Wildman–Crippen LogP) is 5.13. The number of Topliss-reactive ketones (excluding diaryl/α,β-unsaturated/α-hetero) is 1. The van der Waals surface area contributed by atoms with E-state index in [0.717, 1.165) is 17.0 Å². The van der Waals surface area contributed by atoms with Gasteiger partial charge >= 0.3 is 5.97 Å². The van der Waals surface area contributed by atoms with Gasteiger partial charge < -0.3 is 19.7 Å². The molecule has 37 heavy (non-hydrogen) atoms. The minimum absolute atomic E-state index is 0.251. The van der Waals surface area contributed by atoms with Gasteiger partial charge in [0, 0.05) is 11.8 Å². The molecule has 0 amide bonds. The second kappa shape index (κ2) is 13.3. The number of hydrogen-bond acceptors (Lipinski definition) is 8. The first-order valence-corrected chi connectivity index (χ1v) is 14.1. The largest absolute Gasteiger partial charge is 0.456 e. The van der Waals surface area contributed by atoms with Gasteiger partial charge in [0.1, 0.15) is 11.9 Å². The van der Waals surface area contributed by atoms with E-state index in [1.165, 1.54) is 11.3 Å². The SMILES string of the molecule is C=CC[C@H]1C(=O)C2(CCC2)[C@@H](O)CC(=O)O[C@H](/C(Cl)=C/c2csc(C)n2)C/C=C(/C)CCO[C@H](C)[C@H]1O. The summed E-state index contributed by atoms with van der Waals surface area (Å²) in [6.45, 7) is 9.70. The number of carbonyl (C=O) groups excluding carboxylic acids is 2. The summed E-state index contributed by atoms with van der Waals surface area (Å²) in [5.41, 5.74) is 0.592. The van der Waals surface area contributed by atoms with Gasteiger partial charge in [-0.15, -0.1) is 17.9 Å². The number of aliphatic hydroxyl groups is 2. The highest BCUT2D eigenvalue weighted by Gasteiger charge is 2.53. The monoisotopic (exact) mass is 551 g/mol. The van der Waals surface area contributed by atoms with Crippen LogP contribution in [0.2, 0.25) is 0 Å². The van der Waals surface area contributed by atoms with Crippen molar-refractivity contribution >= 4 is 40.8 Å². The van der Waals surface area contributed by atoms with Crippen LogP contribution in [0.4, 0.5) is 0 Å². The van der Waals surface area contributed by atoms with Crippen LogP contribution in [0.3, 0.4) is 0 Å². The number of ether oxygens (including phenoxy) is 2. The molecule has 0 bridgehead atoms. The molecule has 1 aromatic rings. The fourth-order valence-electron chi connectivity index (χ4n) is 4.95. The van der Waals surface area contributed by atoms with Gasteiger partial charge in [-0.1, -0.05) is 35.7 Å². The third-order valence-electron chi connectivity index (χ3n) is 7.45. The second-order valence-corrected chi connectivity index (χ2v) is 11.6. The van der Waals surface area contributed by atoms with Crippen LogP contribution < -0.4 is 0 Å². The maximum atomic E-state index is 13.7. The molecule has 0 unspecified atom stereocenters. The highest BCUT2D eigenvalue weighted by molar-refractivity contribution is 7.09. The number of nitrogens with zero attached hydrogens (tertiary/aromatic N) is 1. The lowest BCUT2D eigenvalue weighted by Gasteiger charge is -2.46. The lowest BCUT2D eigenvalue weighted by molar-refractivity contribution is -0.163. The third kappa shape index (κ3) is 7.39. The average molecular weight is 552 g/mol. The number of rotatable bonds is 4. The van der Waals surface area contributed by atoms with Gasteiger partial charge in [-0.05, 0) is 52.5 Å². The summed E-state index contributed by atoms with van der Waals surface area (Å²) < 4.78 is 11.6. The first-order chi connectivity index (χ1) is 17.6. The van der Waals surface area contributed by atoms with Crippen molar-refractivity contribution in [3.63, 3.8) is 0 Å². The highest BCUT2D eigenvalue weighted by Crippen LogP contribution is 2.48. The van der Waals surface area contributed by atoms with Gasteiger partial charge in [0.15, 0.2) is 0 Å². The molecule has 5 atom stereocenters. The van der Waals surface area contributed by atoms with E-state index in [9.17, 15) is 19.8 Å². The molecule has 0 aromatic carbocycles. The van der Waals surface area contributed by atoms with E-state index in [2.05, 4.69) is 11.6 Å². The van der Waals surface area contributed by atoms with Crippen molar-refractivity contribution in [3.8, 4) is 0 Å². The van der Waals surface area contributed by atoms with Crippen LogP contribution >= 0.6 is 22.9 Å². The Bertz CT molecular complexity index is 1030. The van der Waals surface area contributed by atoms with Crippen molar-refractivity contribution in [1.29, 1.82) is 0 Å². The Morgan fingerprint density at radius 2 is 2.05 bits per heavy atom. The number of aliphatic hydroxyl groups excluding tert-OH is 2. The van der Waals surface area contributed by atoms with Crippen molar-refractivity contribution in [1.82, 2.24) is 4.98 Å². The number of thiazole rings is 1. The Kier molecular flexibility index (Phi) is 10.7. The number of cyclic esters (lactones) is 1. The Labute approximate surface area is 228 Å². The van der Waals surface area contributed by atoms with Crippen molar-refractivity contribution in [2.45, 2.75) is 90.1 Å². The molecule has 1 saturated carbocycles. The van der Waals surface area contributed by atoms with Crippen LogP contribution in [0, 0.1) is 18.3 Å². The topological polar surface area (TPSA) is 106 Å². The standard InChI is InChI=1S/C28H38ClNO6S/c1-5-7-21-26(33)18(3)35-13-10-17(2)8-9-23(22(29)14-20-16-37-19(4)30-20)36-25(32)15-24(31)28(27(21)34)11-6-12-28/h5,8,14,16,18,21,23-24,26,31,33H,1,6-7,9-13,15H2,2-4H3/b17-8-,22-14-/t18-,21-,23+,24+,26-/m1/s1. The molecule has 2 heterocycles. The Morgan fingerprint density at radius 1 is 1.32 bits per heavy atom. The van der Waals surface area contributed by atoms with E-state index >= 15 is 0 Å². The molecule has 0 radical (unpaired) electrons. The Morgan fingerprint density at radius 3 is 2.65 bits per heavy atom. The smallest absolute Gasteiger partial charge is 0.309 e. The van der Waals surface area contributed by atoms with Crippen LogP contribution in [0.1, 0.15) is 69.5 Å². The second-order valence-electron chi connectivity index (χ2n) is 10.1. The number of aryl methyl sites for hydroxylation is 1. The van der Waals surface area contributed by atoms with E-state index in [1.807, 2.05) is 25.3 Å². The van der Waals surface area contributed by atoms with E-state index < -0.39 is 41.7 Å². The van der Waals surface area contributed by atoms with E-state index in [4.69, 9.17) is 21.1 Å². The van der Waals surface area contributed by atoms with Gasteiger partial charge in [-0.2, -0.15) is 0 Å². The maximum Gasteiger partial charge on any atom is 0.309 e. The van der Waals surface area contributed by atoms with E-state index in [1.54, 1.807) is 19.1 Å². The minimum Gasteiger partial charge on any atom is -0.456 e. The zero-order valence-corrected chi connectivity index (χ0v) is 23.4. The van der Waals surface area contributed by atoms with Crippen LogP contribution in [0.15, 0.2) is 34.7 Å². The van der Waals surface area contributed by atoms with E-state index in [0.29, 0.717) is 43.0 Å². The molecule has 1 aliphatic carbocycles. The number of esters is 1. The summed E-state index contributed by atoms with van der Waals surface area (Å²) in [6.07, 6.45) is 4.13. The van der Waals surface area contributed by atoms with Gasteiger partial charge in [0.25, 0.3) is 0 Å². The molecule has 1 fully saturated rings. The molecule has 9 heteroatoms. The predicted molar refractivity (Wildman–Crippen MR) is 145 cm³/mol. The zero-order valence-electron chi connectivity index (χ0n) is 21.8. The van der Waals surface area contributed by atoms with Gasteiger partial charge in [-0.3, -0.25) is 9.59 Å². The molecule has 0 saturated heterocycles. The third-order valence-corrected chi connectivity index (χ3v) is 8.59. The number of ketones is 1. The van der Waals surface area contributed by atoms with Crippen LogP contribution in [0.5, 0.6) is 0 Å². The summed E-state index contributed by atoms with van der Waals surface area (Å²) in [6, 6.07) is 0. The van der Waals surface area contributed by atoms with Crippen molar-refractivity contribution in [3.05, 3.63) is 45.4 Å². The first kappa shape index (κ1) is 29.7. The Hall–Kier alpha value is -1.84. The highest BCUT2D eigenvalue weighted by atomic mass is 35.5. The van der Waals surface area contributed by atoms with Crippen LogP contribution in [-0.4, -0.2) is 58.0 Å². The molecule has 204 valence electrons. The number of aromatic nitrogens is 1. The summed E-state index contributed by atoms with van der Waals surface area (Å²) >= 11 is 8.10. The van der Waals surface area contributed by atoms with Gasteiger partial charge in [-0.25, -0.2) is 4.98 Å². The summed E-state index contributed by atoms with van der Waals surface area (Å²) in [5, 5.41) is 25.3. The normalized spacial score (nSPS) is 31.8. The molecule has 1 aromatic heterocycles. The number of hydrogen-bond donors (Lipinski definition) is 2. The maximum absolute atomic E-state index is 13.7. The molecule has 1 spiro atoms. The van der Waals surface area contributed by atoms with E-state index in [-0.39, 0.29) is 18.6 Å². The minimum atomic E-state index is -1.23. The molecular formula is C28H38ClNO6S. The first-order valence-electron chi connectivity index (χ1n) is 12.8. The lowest BCUT2D eigenvalue weighted by Crippen LogP contribution is -2.54. The molecule has 2 N–H and O–H groups in total. The molecule has 7 nitrogen and oxygen atoms in total. The lowest BCUT2D eigenvalue weighted by atomic mass is 9.58. The van der Waals surface area contributed by atoms with Crippen LogP contribution in [-0.2, 0) is 19.1 Å². The summed E-state index contributed by atoms with van der Waals surface area (Å²) in [4.78, 5) is 31.1. The fraction of sp³-hybridized carbons (Fsp3) is 0.607. The molecule has 3 rings (SSSR count). The number of carbonyl (C=O) groups is 2. The fourth-order valence-corrected chi connectivity index (χ4v) is 5.77. The molecule has 1 aliphatic heterocycles. The van der Waals surface area contributed by atoms with Gasteiger partial charge in [0.2, 0.25) is 0 Å². The summed E-state index contributed by atoms with van der Waals surface area (Å²) in [5.74, 6) is -1.67. The number of allylic oxidation sites excluding steroid dienone is 1. The van der Waals surface area contributed by atoms with Crippen LogP contribution in [0.25, 0.3) is 6.08 Å². The molecule has 2 aliphatic rings. The zero-order chi connectivity index (χ0) is 27.2. The van der Waals surface area contributed by atoms with Crippen molar-refractivity contribution in [2.75, 3.05) is 6.61 Å². The van der Waals surface area contributed by atoms with Crippen molar-refractivity contribution < 1.29 is 29.3 Å². The Balaban J connectivity index is 1.90. The summed E-state index contributed by atoms with van der Waals surface area (Å²) in [7, 11) is 0.